The zero-order valence-corrected chi connectivity index (χ0v) is 24.0. The predicted molar refractivity (Wildman–Crippen MR) is 150 cm³/mol. The minimum atomic E-state index is -3.79. The number of benzene rings is 2. The Labute approximate surface area is 225 Å². The molecule has 3 aliphatic rings. The van der Waals surface area contributed by atoms with Gasteiger partial charge in [-0.2, -0.15) is 0 Å². The van der Waals surface area contributed by atoms with Crippen LogP contribution in [-0.4, -0.2) is 54.2 Å². The van der Waals surface area contributed by atoms with Gasteiger partial charge in [0.25, 0.3) is 5.91 Å². The summed E-state index contributed by atoms with van der Waals surface area (Å²) < 4.78 is 54.7. The zero-order valence-electron chi connectivity index (χ0n) is 22.4. The average molecular weight is 561 g/mol. The molecule has 5 rings (SSSR count). The van der Waals surface area contributed by atoms with Gasteiger partial charge >= 0.3 is 0 Å². The summed E-state index contributed by atoms with van der Waals surface area (Å²) in [6.07, 6.45) is 6.32. The molecule has 1 saturated heterocycles. The molecule has 0 atom stereocenters. The van der Waals surface area contributed by atoms with Gasteiger partial charge in [-0.15, -0.1) is 0 Å². The average Bonchev–Trinajstić information content (AvgIpc) is 3.41. The summed E-state index contributed by atoms with van der Waals surface area (Å²) >= 11 is 0. The Morgan fingerprint density at radius 2 is 1.58 bits per heavy atom. The number of carbonyl (C=O) groups excluding carboxylic acids is 1. The van der Waals surface area contributed by atoms with Crippen LogP contribution >= 0.6 is 0 Å². The number of carbonyl (C=O) groups is 1. The van der Waals surface area contributed by atoms with Crippen molar-refractivity contribution in [2.45, 2.75) is 63.3 Å². The summed E-state index contributed by atoms with van der Waals surface area (Å²) in [6, 6.07) is 9.93. The predicted octanol–water partition coefficient (Wildman–Crippen LogP) is 3.72. The van der Waals surface area contributed by atoms with Crippen molar-refractivity contribution in [3.63, 3.8) is 0 Å². The van der Waals surface area contributed by atoms with Gasteiger partial charge in [0.05, 0.1) is 28.1 Å². The minimum absolute atomic E-state index is 0.118. The van der Waals surface area contributed by atoms with Crippen molar-refractivity contribution in [3.8, 4) is 0 Å². The molecule has 1 aliphatic carbocycles. The first kappa shape index (κ1) is 27.0. The SMILES string of the molecule is CC(C)(C)NS(=O)(=O)c1ccc(C(=O)Nc2ccc3c(c2)N(S(C)(=O)=O)CC3)c(N2CCC3(CC2)CC3)c1. The summed E-state index contributed by atoms with van der Waals surface area (Å²) in [4.78, 5) is 15.8. The summed E-state index contributed by atoms with van der Waals surface area (Å²) in [5.41, 5.74) is 2.72. The standard InChI is InChI=1S/C27H36N4O5S2/c1-26(2,3)29-38(35,36)21-7-8-22(24(18-21)30-15-12-27(10-11-27)13-16-30)25(32)28-20-6-5-19-9-14-31(23(19)17-20)37(4,33)34/h5-8,17-18,29H,9-16H2,1-4H3,(H,28,32). The Bertz CT molecular complexity index is 1480. The third-order valence-electron chi connectivity index (χ3n) is 7.68. The van der Waals surface area contributed by atoms with E-state index in [0.29, 0.717) is 41.0 Å². The lowest BCUT2D eigenvalue weighted by atomic mass is 9.93. The fourth-order valence-corrected chi connectivity index (χ4v) is 7.85. The molecule has 11 heteroatoms. The van der Waals surface area contributed by atoms with Crippen molar-refractivity contribution < 1.29 is 21.6 Å². The van der Waals surface area contributed by atoms with Gasteiger partial charge in [0, 0.05) is 30.9 Å². The number of fused-ring (bicyclic) bond motifs is 1. The number of anilines is 3. The van der Waals surface area contributed by atoms with Gasteiger partial charge in [0.1, 0.15) is 0 Å². The van der Waals surface area contributed by atoms with E-state index in [4.69, 9.17) is 0 Å². The lowest BCUT2D eigenvalue weighted by Crippen LogP contribution is -2.40. The van der Waals surface area contributed by atoms with Crippen LogP contribution in [-0.2, 0) is 26.5 Å². The van der Waals surface area contributed by atoms with Crippen LogP contribution in [0.5, 0.6) is 0 Å². The van der Waals surface area contributed by atoms with Crippen molar-refractivity contribution in [2.75, 3.05) is 40.4 Å². The molecule has 0 aromatic heterocycles. The maximum Gasteiger partial charge on any atom is 0.257 e. The maximum atomic E-state index is 13.6. The van der Waals surface area contributed by atoms with E-state index in [2.05, 4.69) is 14.9 Å². The van der Waals surface area contributed by atoms with Gasteiger partial charge in [-0.05, 0) is 94.2 Å². The fraction of sp³-hybridized carbons (Fsp3) is 0.519. The van der Waals surface area contributed by atoms with Crippen LogP contribution in [0.1, 0.15) is 62.4 Å². The van der Waals surface area contributed by atoms with E-state index in [1.807, 2.05) is 6.07 Å². The van der Waals surface area contributed by atoms with Crippen LogP contribution < -0.4 is 19.2 Å². The largest absolute Gasteiger partial charge is 0.371 e. The van der Waals surface area contributed by atoms with Crippen LogP contribution in [0, 0.1) is 5.41 Å². The van der Waals surface area contributed by atoms with Crippen molar-refractivity contribution in [3.05, 3.63) is 47.5 Å². The van der Waals surface area contributed by atoms with Gasteiger partial charge in [0.2, 0.25) is 20.0 Å². The second-order valence-corrected chi connectivity index (χ2v) is 15.5. The van der Waals surface area contributed by atoms with E-state index < -0.39 is 25.6 Å². The van der Waals surface area contributed by atoms with Gasteiger partial charge in [-0.3, -0.25) is 9.10 Å². The van der Waals surface area contributed by atoms with Crippen molar-refractivity contribution >= 4 is 43.0 Å². The molecule has 0 radical (unpaired) electrons. The second kappa shape index (κ2) is 9.24. The summed E-state index contributed by atoms with van der Waals surface area (Å²) in [6.45, 7) is 7.26. The topological polar surface area (TPSA) is 116 Å². The molecule has 38 heavy (non-hydrogen) atoms. The number of piperidine rings is 1. The van der Waals surface area contributed by atoms with Gasteiger partial charge in [0.15, 0.2) is 0 Å². The summed E-state index contributed by atoms with van der Waals surface area (Å²) in [5.74, 6) is -0.372. The fourth-order valence-electron chi connectivity index (χ4n) is 5.46. The van der Waals surface area contributed by atoms with Gasteiger partial charge < -0.3 is 10.2 Å². The molecular weight excluding hydrogens is 524 g/mol. The molecular formula is C27H36N4O5S2. The molecule has 0 unspecified atom stereocenters. The summed E-state index contributed by atoms with van der Waals surface area (Å²) in [5, 5.41) is 2.91. The molecule has 2 aromatic rings. The van der Waals surface area contributed by atoms with E-state index in [1.165, 1.54) is 29.5 Å². The Hall–Kier alpha value is -2.63. The summed E-state index contributed by atoms with van der Waals surface area (Å²) in [7, 11) is -7.21. The quantitative estimate of drug-likeness (QED) is 0.557. The van der Waals surface area contributed by atoms with E-state index >= 15 is 0 Å². The first-order valence-electron chi connectivity index (χ1n) is 13.0. The lowest BCUT2D eigenvalue weighted by molar-refractivity contribution is 0.102. The van der Waals surface area contributed by atoms with E-state index in [-0.39, 0.29) is 10.8 Å². The molecule has 1 saturated carbocycles. The Morgan fingerprint density at radius 1 is 0.895 bits per heavy atom. The van der Waals surface area contributed by atoms with Crippen molar-refractivity contribution in [2.24, 2.45) is 5.41 Å². The third kappa shape index (κ3) is 5.55. The van der Waals surface area contributed by atoms with Crippen LogP contribution in [0.3, 0.4) is 0 Å². The number of rotatable bonds is 6. The Kier molecular flexibility index (Phi) is 6.55. The third-order valence-corrected chi connectivity index (χ3v) is 10.6. The number of nitrogens with one attached hydrogen (secondary N) is 2. The van der Waals surface area contributed by atoms with Crippen LogP contribution in [0.2, 0.25) is 0 Å². The number of hydrogen-bond donors (Lipinski definition) is 2. The van der Waals surface area contributed by atoms with Crippen LogP contribution in [0.4, 0.5) is 17.1 Å². The first-order chi connectivity index (χ1) is 17.7. The smallest absolute Gasteiger partial charge is 0.257 e. The highest BCUT2D eigenvalue weighted by Gasteiger charge is 2.44. The zero-order chi connectivity index (χ0) is 27.5. The van der Waals surface area contributed by atoms with Crippen LogP contribution in [0.15, 0.2) is 41.3 Å². The van der Waals surface area contributed by atoms with Gasteiger partial charge in [-0.1, -0.05) is 6.07 Å². The highest BCUT2D eigenvalue weighted by atomic mass is 32.2. The Morgan fingerprint density at radius 3 is 2.18 bits per heavy atom. The second-order valence-electron chi connectivity index (χ2n) is 11.9. The molecule has 2 N–H and O–H groups in total. The normalized spacial score (nSPS) is 18.9. The molecule has 9 nitrogen and oxygen atoms in total. The first-order valence-corrected chi connectivity index (χ1v) is 16.3. The van der Waals surface area contributed by atoms with E-state index in [0.717, 1.165) is 31.5 Å². The minimum Gasteiger partial charge on any atom is -0.371 e. The molecule has 0 bridgehead atoms. The monoisotopic (exact) mass is 560 g/mol. The van der Waals surface area contributed by atoms with Crippen LogP contribution in [0.25, 0.3) is 0 Å². The molecule has 2 fully saturated rings. The molecule has 2 aliphatic heterocycles. The highest BCUT2D eigenvalue weighted by Crippen LogP contribution is 2.54. The van der Waals surface area contributed by atoms with Gasteiger partial charge in [-0.25, -0.2) is 21.6 Å². The van der Waals surface area contributed by atoms with E-state index in [1.54, 1.807) is 45.0 Å². The molecule has 2 aromatic carbocycles. The molecule has 1 spiro atoms. The molecule has 206 valence electrons. The number of amides is 1. The lowest BCUT2D eigenvalue weighted by Gasteiger charge is -2.35. The molecule has 1 amide bonds. The Balaban J connectivity index is 1.46. The molecule has 2 heterocycles. The van der Waals surface area contributed by atoms with E-state index in [9.17, 15) is 21.6 Å². The number of nitrogens with zero attached hydrogens (tertiary/aromatic N) is 2. The van der Waals surface area contributed by atoms with Crippen molar-refractivity contribution in [1.82, 2.24) is 4.72 Å². The number of hydrogen-bond acceptors (Lipinski definition) is 6. The number of sulfonamides is 2. The highest BCUT2D eigenvalue weighted by molar-refractivity contribution is 7.92. The van der Waals surface area contributed by atoms with Crippen molar-refractivity contribution in [1.29, 1.82) is 0 Å². The maximum absolute atomic E-state index is 13.6.